The Morgan fingerprint density at radius 1 is 1.00 bits per heavy atom. The third-order valence-electron chi connectivity index (χ3n) is 4.68. The van der Waals surface area contributed by atoms with Gasteiger partial charge in [-0.1, -0.05) is 23.2 Å². The summed E-state index contributed by atoms with van der Waals surface area (Å²) in [6.45, 7) is 1.80. The Hall–Kier alpha value is -3.60. The Kier molecular flexibility index (Phi) is 6.85. The van der Waals surface area contributed by atoms with Gasteiger partial charge in [0.25, 0.3) is 0 Å². The molecule has 9 heteroatoms. The van der Waals surface area contributed by atoms with Crippen LogP contribution in [-0.2, 0) is 0 Å². The van der Waals surface area contributed by atoms with E-state index in [2.05, 4.69) is 32.0 Å². The molecule has 2 aromatic heterocycles. The van der Waals surface area contributed by atoms with Crippen molar-refractivity contribution < 1.29 is 0 Å². The van der Waals surface area contributed by atoms with E-state index < -0.39 is 0 Å². The lowest BCUT2D eigenvalue weighted by Crippen LogP contribution is -2.32. The van der Waals surface area contributed by atoms with E-state index in [1.165, 1.54) is 0 Å². The zero-order chi connectivity index (χ0) is 22.3. The van der Waals surface area contributed by atoms with E-state index in [1.807, 2.05) is 30.3 Å². The van der Waals surface area contributed by atoms with E-state index in [4.69, 9.17) is 33.4 Å². The zero-order valence-electron chi connectivity index (χ0n) is 16.9. The largest absolute Gasteiger partial charge is 0.370 e. The number of dihydropyridines is 1. The monoisotopic (exact) mass is 463 g/mol. The van der Waals surface area contributed by atoms with Gasteiger partial charge in [0.1, 0.15) is 5.82 Å². The number of pyridine rings is 1. The fourth-order valence-electron chi connectivity index (χ4n) is 3.08. The Morgan fingerprint density at radius 3 is 2.53 bits per heavy atom. The SMILES string of the molecule is N#CC1=CC=C(NCCNc2cc(-c3ccncc3)nc(-c3ccc(Cl)cc3Cl)n2)NC1. The van der Waals surface area contributed by atoms with Crippen molar-refractivity contribution >= 4 is 29.0 Å². The normalized spacial score (nSPS) is 12.8. The molecule has 3 N–H and O–H groups in total. The average Bonchev–Trinajstić information content (AvgIpc) is 2.82. The Morgan fingerprint density at radius 2 is 1.81 bits per heavy atom. The molecule has 1 aliphatic heterocycles. The smallest absolute Gasteiger partial charge is 0.163 e. The number of hydrogen-bond donors (Lipinski definition) is 3. The predicted molar refractivity (Wildman–Crippen MR) is 127 cm³/mol. The molecule has 0 saturated heterocycles. The highest BCUT2D eigenvalue weighted by Gasteiger charge is 2.12. The number of nitriles is 1. The van der Waals surface area contributed by atoms with Gasteiger partial charge in [0.15, 0.2) is 5.82 Å². The van der Waals surface area contributed by atoms with E-state index in [9.17, 15) is 0 Å². The highest BCUT2D eigenvalue weighted by molar-refractivity contribution is 6.36. The Labute approximate surface area is 195 Å². The second kappa shape index (κ2) is 10.1. The lowest BCUT2D eigenvalue weighted by Gasteiger charge is -2.16. The van der Waals surface area contributed by atoms with Gasteiger partial charge in [-0.3, -0.25) is 4.98 Å². The molecule has 1 aliphatic rings. The fraction of sp³-hybridized carbons (Fsp3) is 0.130. The third kappa shape index (κ3) is 5.35. The minimum absolute atomic E-state index is 0.483. The number of aromatic nitrogens is 3. The van der Waals surface area contributed by atoms with Crippen LogP contribution in [0.15, 0.2) is 72.3 Å². The van der Waals surface area contributed by atoms with Gasteiger partial charge in [0.2, 0.25) is 0 Å². The van der Waals surface area contributed by atoms with Crippen molar-refractivity contribution in [3.63, 3.8) is 0 Å². The number of benzene rings is 1. The highest BCUT2D eigenvalue weighted by atomic mass is 35.5. The van der Waals surface area contributed by atoms with Gasteiger partial charge in [0.05, 0.1) is 29.2 Å². The van der Waals surface area contributed by atoms with Crippen LogP contribution in [0.5, 0.6) is 0 Å². The van der Waals surface area contributed by atoms with Gasteiger partial charge < -0.3 is 16.0 Å². The second-order valence-corrected chi connectivity index (χ2v) is 7.76. The summed E-state index contributed by atoms with van der Waals surface area (Å²) < 4.78 is 0. The molecule has 0 fully saturated rings. The summed E-state index contributed by atoms with van der Waals surface area (Å²) in [4.78, 5) is 13.4. The molecule has 3 aromatic rings. The fourth-order valence-corrected chi connectivity index (χ4v) is 3.57. The molecule has 0 radical (unpaired) electrons. The number of anilines is 1. The first-order valence-corrected chi connectivity index (χ1v) is 10.7. The summed E-state index contributed by atoms with van der Waals surface area (Å²) >= 11 is 12.5. The summed E-state index contributed by atoms with van der Waals surface area (Å²) in [5, 5.41) is 19.7. The molecule has 0 saturated carbocycles. The molecule has 0 spiro atoms. The molecule has 160 valence electrons. The Bertz CT molecular complexity index is 1220. The standard InChI is InChI=1S/C23H19Cl2N7/c24-17-2-3-18(19(25)11-17)23-31-20(16-5-7-27-8-6-16)12-22(32-23)29-10-9-28-21-4-1-15(13-26)14-30-21/h1-8,11-12,28,30H,9-10,14H2,(H,29,31,32). The molecular weight excluding hydrogens is 445 g/mol. The van der Waals surface area contributed by atoms with E-state index in [0.717, 1.165) is 17.1 Å². The van der Waals surface area contributed by atoms with Gasteiger partial charge in [-0.05, 0) is 42.5 Å². The van der Waals surface area contributed by atoms with Crippen molar-refractivity contribution in [2.75, 3.05) is 25.0 Å². The Balaban J connectivity index is 1.53. The summed E-state index contributed by atoms with van der Waals surface area (Å²) in [5.41, 5.74) is 3.08. The highest BCUT2D eigenvalue weighted by Crippen LogP contribution is 2.30. The molecule has 0 aliphatic carbocycles. The van der Waals surface area contributed by atoms with Gasteiger partial charge in [-0.15, -0.1) is 0 Å². The number of nitrogens with one attached hydrogen (secondary N) is 3. The van der Waals surface area contributed by atoms with Gasteiger partial charge >= 0.3 is 0 Å². The van der Waals surface area contributed by atoms with Crippen LogP contribution in [0, 0.1) is 11.3 Å². The van der Waals surface area contributed by atoms with Crippen molar-refractivity contribution in [2.45, 2.75) is 0 Å². The van der Waals surface area contributed by atoms with Crippen LogP contribution in [0.4, 0.5) is 5.82 Å². The van der Waals surface area contributed by atoms with E-state index >= 15 is 0 Å². The molecule has 0 atom stereocenters. The summed E-state index contributed by atoms with van der Waals surface area (Å²) in [5.74, 6) is 2.05. The topological polar surface area (TPSA) is 98.5 Å². The molecule has 7 nitrogen and oxygen atoms in total. The minimum Gasteiger partial charge on any atom is -0.370 e. The summed E-state index contributed by atoms with van der Waals surface area (Å²) in [7, 11) is 0. The minimum atomic E-state index is 0.483. The molecule has 32 heavy (non-hydrogen) atoms. The maximum atomic E-state index is 8.91. The van der Waals surface area contributed by atoms with Crippen molar-refractivity contribution in [3.8, 4) is 28.7 Å². The molecule has 3 heterocycles. The number of nitrogens with zero attached hydrogens (tertiary/aromatic N) is 4. The third-order valence-corrected chi connectivity index (χ3v) is 5.23. The van der Waals surface area contributed by atoms with Crippen molar-refractivity contribution in [1.29, 1.82) is 5.26 Å². The second-order valence-electron chi connectivity index (χ2n) is 6.91. The molecule has 1 aromatic carbocycles. The lowest BCUT2D eigenvalue weighted by molar-refractivity contribution is 0.711. The van der Waals surface area contributed by atoms with E-state index in [0.29, 0.717) is 52.5 Å². The van der Waals surface area contributed by atoms with Gasteiger partial charge in [-0.25, -0.2) is 9.97 Å². The van der Waals surface area contributed by atoms with Crippen LogP contribution in [0.1, 0.15) is 0 Å². The number of rotatable bonds is 7. The van der Waals surface area contributed by atoms with E-state index in [1.54, 1.807) is 30.6 Å². The molecular formula is C23H19Cl2N7. The predicted octanol–water partition coefficient (Wildman–Crippen LogP) is 4.41. The van der Waals surface area contributed by atoms with Gasteiger partial charge in [0, 0.05) is 53.3 Å². The van der Waals surface area contributed by atoms with Crippen molar-refractivity contribution in [1.82, 2.24) is 25.6 Å². The van der Waals surface area contributed by atoms with Crippen LogP contribution < -0.4 is 16.0 Å². The van der Waals surface area contributed by atoms with Crippen molar-refractivity contribution in [3.05, 3.63) is 82.4 Å². The first-order valence-electron chi connectivity index (χ1n) is 9.90. The zero-order valence-corrected chi connectivity index (χ0v) is 18.5. The first-order chi connectivity index (χ1) is 15.6. The van der Waals surface area contributed by atoms with Gasteiger partial charge in [-0.2, -0.15) is 5.26 Å². The van der Waals surface area contributed by atoms with Crippen LogP contribution >= 0.6 is 23.2 Å². The van der Waals surface area contributed by atoms with Crippen molar-refractivity contribution in [2.24, 2.45) is 0 Å². The van der Waals surface area contributed by atoms with Crippen LogP contribution in [0.25, 0.3) is 22.6 Å². The molecule has 4 rings (SSSR count). The lowest BCUT2D eigenvalue weighted by atomic mass is 10.1. The number of hydrogen-bond acceptors (Lipinski definition) is 7. The number of allylic oxidation sites excluding steroid dienone is 2. The molecule has 0 unspecified atom stereocenters. The quantitative estimate of drug-likeness (QED) is 0.446. The maximum absolute atomic E-state index is 8.91. The summed E-state index contributed by atoms with van der Waals surface area (Å²) in [6, 6.07) is 13.1. The van der Waals surface area contributed by atoms with E-state index in [-0.39, 0.29) is 0 Å². The average molecular weight is 464 g/mol. The van der Waals surface area contributed by atoms with Crippen LogP contribution in [-0.4, -0.2) is 34.6 Å². The number of halogens is 2. The first kappa shape index (κ1) is 21.6. The molecule has 0 bridgehead atoms. The maximum Gasteiger partial charge on any atom is 0.163 e. The summed E-state index contributed by atoms with van der Waals surface area (Å²) in [6.07, 6.45) is 7.11. The molecule has 0 amide bonds. The van der Waals surface area contributed by atoms with Crippen LogP contribution in [0.3, 0.4) is 0 Å². The van der Waals surface area contributed by atoms with Crippen LogP contribution in [0.2, 0.25) is 10.0 Å².